The third-order valence-electron chi connectivity index (χ3n) is 2.58. The second-order valence-electron chi connectivity index (χ2n) is 3.92. The van der Waals surface area contributed by atoms with Crippen LogP contribution in [0.4, 0.5) is 5.69 Å². The van der Waals surface area contributed by atoms with Crippen molar-refractivity contribution in [1.82, 2.24) is 9.97 Å². The zero-order valence-electron chi connectivity index (χ0n) is 10.00. The predicted molar refractivity (Wildman–Crippen MR) is 71.0 cm³/mol. The van der Waals surface area contributed by atoms with Gasteiger partial charge in [-0.2, -0.15) is 0 Å². The van der Waals surface area contributed by atoms with E-state index in [1.54, 1.807) is 0 Å². The molecule has 0 saturated heterocycles. The molecule has 20 heavy (non-hydrogen) atoms. The van der Waals surface area contributed by atoms with E-state index in [2.05, 4.69) is 9.97 Å². The molecule has 1 heterocycles. The summed E-state index contributed by atoms with van der Waals surface area (Å²) in [5, 5.41) is 10.7. The molecular formula is C12H8ClN3O4. The highest BCUT2D eigenvalue weighted by molar-refractivity contribution is 6.31. The molecule has 0 saturated carbocycles. The van der Waals surface area contributed by atoms with Crippen LogP contribution in [0.2, 0.25) is 5.02 Å². The van der Waals surface area contributed by atoms with Gasteiger partial charge < -0.3 is 4.98 Å². The minimum Gasteiger partial charge on any atom is -0.308 e. The molecule has 0 radical (unpaired) electrons. The van der Waals surface area contributed by atoms with E-state index in [4.69, 9.17) is 11.6 Å². The molecule has 0 aliphatic carbocycles. The molecule has 0 atom stereocenters. The fourth-order valence-electron chi connectivity index (χ4n) is 1.57. The van der Waals surface area contributed by atoms with Crippen molar-refractivity contribution in [2.45, 2.75) is 6.42 Å². The number of Topliss-reactive ketones (excluding diaryl/α,β-unsaturated/α-hetero) is 1. The number of halogens is 1. The Hall–Kier alpha value is -2.54. The number of hydrogen-bond acceptors (Lipinski definition) is 5. The maximum atomic E-state index is 12.0. The number of nitro groups is 1. The third-order valence-corrected chi connectivity index (χ3v) is 2.90. The number of aromatic nitrogens is 2. The average Bonchev–Trinajstić information content (AvgIpc) is 2.43. The molecule has 1 aromatic carbocycles. The van der Waals surface area contributed by atoms with E-state index >= 15 is 0 Å². The van der Waals surface area contributed by atoms with Gasteiger partial charge in [-0.25, -0.2) is 9.78 Å². The van der Waals surface area contributed by atoms with E-state index < -0.39 is 10.6 Å². The van der Waals surface area contributed by atoms with Gasteiger partial charge in [0.2, 0.25) is 0 Å². The molecule has 102 valence electrons. The fourth-order valence-corrected chi connectivity index (χ4v) is 1.74. The van der Waals surface area contributed by atoms with Gasteiger partial charge in [-0.15, -0.1) is 0 Å². The minimum atomic E-state index is -0.596. The summed E-state index contributed by atoms with van der Waals surface area (Å²) in [6.07, 6.45) is 1.05. The number of H-pyrrole nitrogens is 1. The number of hydrogen-bond donors (Lipinski definition) is 1. The van der Waals surface area contributed by atoms with E-state index in [1.165, 1.54) is 30.5 Å². The topological polar surface area (TPSA) is 106 Å². The summed E-state index contributed by atoms with van der Waals surface area (Å²) in [5.41, 5.74) is -0.142. The van der Waals surface area contributed by atoms with Gasteiger partial charge in [0.05, 0.1) is 22.6 Å². The number of ketones is 1. The Morgan fingerprint density at radius 2 is 2.00 bits per heavy atom. The summed E-state index contributed by atoms with van der Waals surface area (Å²) in [7, 11) is 0. The van der Waals surface area contributed by atoms with Gasteiger partial charge in [0.15, 0.2) is 5.78 Å². The Labute approximate surface area is 117 Å². The van der Waals surface area contributed by atoms with E-state index in [9.17, 15) is 19.7 Å². The summed E-state index contributed by atoms with van der Waals surface area (Å²) in [6.45, 7) is 0. The van der Waals surface area contributed by atoms with Crippen LogP contribution in [0.3, 0.4) is 0 Å². The molecule has 0 unspecified atom stereocenters. The Morgan fingerprint density at radius 3 is 2.60 bits per heavy atom. The first kappa shape index (κ1) is 13.9. The van der Waals surface area contributed by atoms with E-state index in [1.807, 2.05) is 0 Å². The second-order valence-corrected chi connectivity index (χ2v) is 4.33. The van der Waals surface area contributed by atoms with Crippen LogP contribution in [-0.2, 0) is 6.42 Å². The van der Waals surface area contributed by atoms with Gasteiger partial charge >= 0.3 is 5.69 Å². The molecule has 8 heteroatoms. The highest BCUT2D eigenvalue weighted by Gasteiger charge is 2.12. The van der Waals surface area contributed by atoms with Crippen molar-refractivity contribution >= 4 is 23.1 Å². The molecule has 0 fully saturated rings. The van der Waals surface area contributed by atoms with Gasteiger partial charge in [0, 0.05) is 23.4 Å². The molecular weight excluding hydrogens is 286 g/mol. The number of aromatic amines is 1. The van der Waals surface area contributed by atoms with Gasteiger partial charge in [-0.05, 0) is 12.1 Å². The number of non-ortho nitro benzene ring substituents is 1. The van der Waals surface area contributed by atoms with Crippen molar-refractivity contribution in [3.63, 3.8) is 0 Å². The highest BCUT2D eigenvalue weighted by Crippen LogP contribution is 2.16. The van der Waals surface area contributed by atoms with Crippen molar-refractivity contribution in [1.29, 1.82) is 0 Å². The average molecular weight is 294 g/mol. The fraction of sp³-hybridized carbons (Fsp3) is 0.0833. The Kier molecular flexibility index (Phi) is 3.90. The summed E-state index contributed by atoms with van der Waals surface area (Å²) in [6, 6.07) is 5.19. The van der Waals surface area contributed by atoms with Crippen molar-refractivity contribution in [3.8, 4) is 0 Å². The summed E-state index contributed by atoms with van der Waals surface area (Å²) < 4.78 is 0. The van der Waals surface area contributed by atoms with Crippen LogP contribution in [0.25, 0.3) is 0 Å². The monoisotopic (exact) mass is 293 g/mol. The Bertz CT molecular complexity index is 724. The largest absolute Gasteiger partial charge is 0.345 e. The Balaban J connectivity index is 2.21. The van der Waals surface area contributed by atoms with Crippen LogP contribution >= 0.6 is 11.6 Å². The van der Waals surface area contributed by atoms with Gasteiger partial charge in [-0.3, -0.25) is 14.9 Å². The first-order valence-electron chi connectivity index (χ1n) is 5.48. The minimum absolute atomic E-state index is 0.100. The normalized spacial score (nSPS) is 10.2. The molecule has 0 bridgehead atoms. The summed E-state index contributed by atoms with van der Waals surface area (Å²) in [4.78, 5) is 38.8. The lowest BCUT2D eigenvalue weighted by Gasteiger charge is -2.03. The lowest BCUT2D eigenvalue weighted by molar-refractivity contribution is -0.384. The first-order valence-corrected chi connectivity index (χ1v) is 5.86. The number of nitrogens with one attached hydrogen (secondary N) is 1. The zero-order chi connectivity index (χ0) is 14.7. The van der Waals surface area contributed by atoms with Gasteiger partial charge in [0.25, 0.3) is 5.69 Å². The summed E-state index contributed by atoms with van der Waals surface area (Å²) in [5.74, 6) is -0.316. The maximum Gasteiger partial charge on any atom is 0.345 e. The molecule has 0 amide bonds. The van der Waals surface area contributed by atoms with Crippen LogP contribution in [-0.4, -0.2) is 20.7 Å². The Morgan fingerprint density at radius 1 is 1.35 bits per heavy atom. The zero-order valence-corrected chi connectivity index (χ0v) is 10.8. The van der Waals surface area contributed by atoms with Crippen LogP contribution in [0.15, 0.2) is 35.3 Å². The van der Waals surface area contributed by atoms with E-state index in [-0.39, 0.29) is 28.6 Å². The smallest absolute Gasteiger partial charge is 0.308 e. The molecule has 0 aliphatic rings. The molecule has 2 aromatic rings. The molecule has 0 spiro atoms. The van der Waals surface area contributed by atoms with Crippen molar-refractivity contribution in [2.75, 3.05) is 0 Å². The lowest BCUT2D eigenvalue weighted by atomic mass is 10.1. The number of nitrogens with zero attached hydrogens (tertiary/aromatic N) is 2. The number of benzene rings is 1. The second kappa shape index (κ2) is 5.62. The predicted octanol–water partition coefficient (Wildman–Crippen LogP) is 1.76. The van der Waals surface area contributed by atoms with Crippen molar-refractivity contribution in [3.05, 3.63) is 67.3 Å². The number of nitro benzene ring substituents is 1. The highest BCUT2D eigenvalue weighted by atomic mass is 35.5. The van der Waals surface area contributed by atoms with Crippen molar-refractivity contribution in [2.24, 2.45) is 0 Å². The maximum absolute atomic E-state index is 12.0. The van der Waals surface area contributed by atoms with Crippen molar-refractivity contribution < 1.29 is 9.72 Å². The van der Waals surface area contributed by atoms with Gasteiger partial charge in [-0.1, -0.05) is 11.6 Å². The number of carbonyl (C=O) groups is 1. The first-order chi connectivity index (χ1) is 9.47. The number of rotatable bonds is 4. The quantitative estimate of drug-likeness (QED) is 0.525. The lowest BCUT2D eigenvalue weighted by Crippen LogP contribution is -2.15. The number of carbonyl (C=O) groups excluding carboxylic acids is 1. The van der Waals surface area contributed by atoms with Crippen LogP contribution in [0, 0.1) is 10.1 Å². The van der Waals surface area contributed by atoms with Crippen LogP contribution < -0.4 is 5.69 Å². The standard InChI is InChI=1S/C12H8ClN3O4/c13-9-6-14-12(18)15-10(9)5-11(17)7-1-3-8(4-2-7)16(19)20/h1-4,6H,5H2,(H,14,15,18). The summed E-state index contributed by atoms with van der Waals surface area (Å²) >= 11 is 5.82. The molecule has 1 aromatic heterocycles. The molecule has 2 rings (SSSR count). The van der Waals surface area contributed by atoms with E-state index in [0.717, 1.165) is 0 Å². The molecule has 1 N–H and O–H groups in total. The van der Waals surface area contributed by atoms with Gasteiger partial charge in [0.1, 0.15) is 0 Å². The third kappa shape index (κ3) is 3.07. The van der Waals surface area contributed by atoms with E-state index in [0.29, 0.717) is 5.56 Å². The molecule has 7 nitrogen and oxygen atoms in total. The molecule has 0 aliphatic heterocycles. The van der Waals surface area contributed by atoms with Crippen LogP contribution in [0.1, 0.15) is 16.1 Å². The SMILES string of the molecule is O=C(Cc1[nH]c(=O)ncc1Cl)c1ccc([N+](=O)[O-])cc1. The van der Waals surface area contributed by atoms with Crippen LogP contribution in [0.5, 0.6) is 0 Å².